The van der Waals surface area contributed by atoms with Crippen molar-refractivity contribution >= 4 is 56.1 Å². The summed E-state index contributed by atoms with van der Waals surface area (Å²) in [6.45, 7) is 10.3. The van der Waals surface area contributed by atoms with Crippen LogP contribution in [0.4, 0.5) is 43.4 Å². The second kappa shape index (κ2) is 34.7. The summed E-state index contributed by atoms with van der Waals surface area (Å²) in [6, 6.07) is 9.81. The van der Waals surface area contributed by atoms with E-state index in [2.05, 4.69) is 25.3 Å². The topological polar surface area (TPSA) is 326 Å². The zero-order valence-electron chi connectivity index (χ0n) is 36.1. The molecule has 2 aromatic heterocycles. The fraction of sp³-hybridized carbons (Fsp3) is 0.568. The summed E-state index contributed by atoms with van der Waals surface area (Å²) in [7, 11) is 0.917. The van der Waals surface area contributed by atoms with Gasteiger partial charge < -0.3 is 51.3 Å². The molecule has 63 heavy (non-hydrogen) atoms. The first-order valence-corrected chi connectivity index (χ1v) is 20.4. The summed E-state index contributed by atoms with van der Waals surface area (Å²) in [6.07, 6.45) is 4.44. The Morgan fingerprint density at radius 2 is 1.17 bits per heavy atom. The van der Waals surface area contributed by atoms with Gasteiger partial charge in [0.1, 0.15) is 13.1 Å². The largest absolute Gasteiger partial charge is 0.465 e. The Labute approximate surface area is 366 Å². The van der Waals surface area contributed by atoms with Crippen molar-refractivity contribution < 1.29 is 52.4 Å². The molecule has 0 bridgehead atoms. The van der Waals surface area contributed by atoms with Gasteiger partial charge >= 0.3 is 35.3 Å². The van der Waals surface area contributed by atoms with E-state index in [4.69, 9.17) is 46.0 Å². The van der Waals surface area contributed by atoms with Crippen molar-refractivity contribution in [2.75, 3.05) is 87.0 Å². The van der Waals surface area contributed by atoms with Crippen LogP contribution in [0.1, 0.15) is 71.8 Å². The highest BCUT2D eigenvalue weighted by atomic mass is 31.1. The molecule has 0 fully saturated rings. The van der Waals surface area contributed by atoms with Crippen LogP contribution in [0.5, 0.6) is 12.0 Å². The standard InChI is InChI=1S/C22H32N6O5.C15H26N6O5.FHO.FH2P/c1-3-5-14-33-22-25-20(23)19(28(30)31)21(26-22)27(16-18(29)32-4-2)13-9-12-24-15-17-10-7-6-8-11-17;1-3-5-9-26-15-18-13(17)12(21(23)24)14(19-15)20(8-6-7-16)10-11(22)25-4-2;2*1-2/h6-8,10-11,24H,3-5,9,12-16H2,1-2H3,(H2,23,25,26);3-10,16H2,1-2H3,(H2,17,18,19);2H;2H2. The average Bonchev–Trinajstić information content (AvgIpc) is 3.26. The van der Waals surface area contributed by atoms with Crippen LogP contribution in [-0.2, 0) is 25.6 Å². The number of hydrogen-bond donors (Lipinski definition) is 5. The second-order valence-electron chi connectivity index (χ2n) is 12.7. The number of carbonyl (C=O) groups is 2. The molecule has 0 aliphatic rings. The van der Waals surface area contributed by atoms with E-state index in [9.17, 15) is 34.0 Å². The molecular formula is C37H61F2N12O11P. The molecule has 354 valence electrons. The van der Waals surface area contributed by atoms with Crippen molar-refractivity contribution in [3.63, 3.8) is 0 Å². The number of unbranched alkanes of at least 4 members (excludes halogenated alkanes) is 2. The number of nitrogens with zero attached hydrogens (tertiary/aromatic N) is 8. The van der Waals surface area contributed by atoms with E-state index < -0.39 is 33.2 Å². The van der Waals surface area contributed by atoms with Gasteiger partial charge in [-0.3, -0.25) is 29.8 Å². The smallest absolute Gasteiger partial charge is 0.353 e. The molecular weight excluding hydrogens is 857 g/mol. The Morgan fingerprint density at radius 3 is 1.56 bits per heavy atom. The number of hydrogen-bond acceptors (Lipinski definition) is 21. The molecule has 0 radical (unpaired) electrons. The SMILES string of the molecule is CCCCOc1nc(N)c([N+](=O)[O-])c(N(CCCN)CC(=O)OCC)n1.CCCCOc1nc(N)c([N+](=O)[O-])c(N(CCCNCc2ccccc2)CC(=O)OCC)n1.FP.OF. The lowest BCUT2D eigenvalue weighted by Gasteiger charge is -2.23. The second-order valence-corrected chi connectivity index (χ2v) is 12.7. The minimum atomic E-state index is -0.679. The maximum atomic E-state index is 12.2. The van der Waals surface area contributed by atoms with Crippen LogP contribution in [0.25, 0.3) is 0 Å². The van der Waals surface area contributed by atoms with Crippen molar-refractivity contribution in [2.24, 2.45) is 5.73 Å². The number of halogens is 2. The molecule has 0 aliphatic heterocycles. The summed E-state index contributed by atoms with van der Waals surface area (Å²) >= 11 is 0. The van der Waals surface area contributed by atoms with Gasteiger partial charge in [-0.1, -0.05) is 61.5 Å². The van der Waals surface area contributed by atoms with Crippen LogP contribution in [0, 0.1) is 20.2 Å². The average molecular weight is 919 g/mol. The van der Waals surface area contributed by atoms with Gasteiger partial charge in [0.05, 0.1) is 45.8 Å². The summed E-state index contributed by atoms with van der Waals surface area (Å²) in [5.74, 6) is -1.84. The van der Waals surface area contributed by atoms with Gasteiger partial charge in [0.15, 0.2) is 0 Å². The molecule has 23 nitrogen and oxygen atoms in total. The van der Waals surface area contributed by atoms with Crippen molar-refractivity contribution in [1.82, 2.24) is 25.3 Å². The molecule has 1 unspecified atom stereocenters. The number of anilines is 4. The number of esters is 2. The van der Waals surface area contributed by atoms with E-state index in [0.29, 0.717) is 52.2 Å². The summed E-state index contributed by atoms with van der Waals surface area (Å²) < 4.78 is 38.8. The third-order valence-corrected chi connectivity index (χ3v) is 8.00. The Morgan fingerprint density at radius 1 is 0.746 bits per heavy atom. The lowest BCUT2D eigenvalue weighted by atomic mass is 10.2. The van der Waals surface area contributed by atoms with Crippen molar-refractivity contribution in [3.8, 4) is 12.0 Å². The summed E-state index contributed by atoms with van der Waals surface area (Å²) in [5, 5.41) is 32.0. The lowest BCUT2D eigenvalue weighted by Crippen LogP contribution is -2.35. The molecule has 8 N–H and O–H groups in total. The molecule has 0 aliphatic carbocycles. The molecule has 1 atom stereocenters. The van der Waals surface area contributed by atoms with Crippen LogP contribution in [0.2, 0.25) is 0 Å². The monoisotopic (exact) mass is 918 g/mol. The number of nitrogens with one attached hydrogen (secondary N) is 1. The van der Waals surface area contributed by atoms with Crippen LogP contribution in [0.3, 0.4) is 0 Å². The number of nitrogens with two attached hydrogens (primary N) is 3. The van der Waals surface area contributed by atoms with Crippen LogP contribution in [0.15, 0.2) is 30.3 Å². The first-order chi connectivity index (χ1) is 30.4. The molecule has 0 amide bonds. The van der Waals surface area contributed by atoms with Crippen LogP contribution >= 0.6 is 9.55 Å². The number of carbonyl (C=O) groups excluding carboxylic acids is 2. The molecule has 0 saturated heterocycles. The van der Waals surface area contributed by atoms with Gasteiger partial charge in [-0.25, -0.2) is 9.51 Å². The summed E-state index contributed by atoms with van der Waals surface area (Å²) in [4.78, 5) is 64.9. The molecule has 0 saturated carbocycles. The third-order valence-electron chi connectivity index (χ3n) is 8.00. The van der Waals surface area contributed by atoms with Crippen molar-refractivity contribution in [1.29, 1.82) is 0 Å². The Bertz CT molecular complexity index is 1780. The third kappa shape index (κ3) is 22.1. The van der Waals surface area contributed by atoms with E-state index in [1.807, 2.05) is 44.2 Å². The Balaban J connectivity index is 0.00000116. The maximum Gasteiger partial charge on any atom is 0.353 e. The van der Waals surface area contributed by atoms with Gasteiger partial charge in [-0.2, -0.15) is 19.9 Å². The Hall–Kier alpha value is -5.91. The zero-order chi connectivity index (χ0) is 47.6. The quantitative estimate of drug-likeness (QED) is 0.0235. The fourth-order valence-electron chi connectivity index (χ4n) is 5.16. The zero-order valence-corrected chi connectivity index (χ0v) is 37.2. The number of benzene rings is 1. The minimum Gasteiger partial charge on any atom is -0.465 e. The first kappa shape index (κ1) is 57.1. The number of nitro groups is 2. The van der Waals surface area contributed by atoms with Crippen LogP contribution in [-0.4, -0.2) is 113 Å². The first-order valence-electron chi connectivity index (χ1n) is 19.9. The maximum absolute atomic E-state index is 12.2. The highest BCUT2D eigenvalue weighted by Crippen LogP contribution is 2.34. The van der Waals surface area contributed by atoms with E-state index in [1.54, 1.807) is 13.8 Å². The molecule has 3 aromatic rings. The van der Waals surface area contributed by atoms with E-state index in [0.717, 1.165) is 40.8 Å². The molecule has 0 spiro atoms. The molecule has 26 heteroatoms. The van der Waals surface area contributed by atoms with Gasteiger partial charge in [0.25, 0.3) is 0 Å². The molecule has 1 aromatic carbocycles. The molecule has 2 heterocycles. The van der Waals surface area contributed by atoms with Gasteiger partial charge in [-0.05, 0) is 58.2 Å². The highest BCUT2D eigenvalue weighted by Gasteiger charge is 2.31. The molecule has 3 rings (SSSR count). The number of aromatic nitrogens is 4. The normalized spacial score (nSPS) is 10.0. The van der Waals surface area contributed by atoms with E-state index >= 15 is 0 Å². The number of rotatable bonds is 27. The van der Waals surface area contributed by atoms with Gasteiger partial charge in [-0.15, -0.1) is 0 Å². The lowest BCUT2D eigenvalue weighted by molar-refractivity contribution is -0.383. The van der Waals surface area contributed by atoms with Crippen molar-refractivity contribution in [3.05, 3.63) is 56.1 Å². The van der Waals surface area contributed by atoms with Crippen LogP contribution < -0.4 is 41.8 Å². The predicted molar refractivity (Wildman–Crippen MR) is 235 cm³/mol. The van der Waals surface area contributed by atoms with E-state index in [-0.39, 0.29) is 68.1 Å². The number of nitrogen functional groups attached to an aromatic ring is 2. The predicted octanol–water partition coefficient (Wildman–Crippen LogP) is 4.17. The minimum absolute atomic E-state index is 0.0578. The fourth-order valence-corrected chi connectivity index (χ4v) is 5.16. The highest BCUT2D eigenvalue weighted by molar-refractivity contribution is 7.09. The number of ether oxygens (including phenoxy) is 4. The van der Waals surface area contributed by atoms with E-state index in [1.165, 1.54) is 9.80 Å². The summed E-state index contributed by atoms with van der Waals surface area (Å²) in [5.41, 5.74) is 17.3. The van der Waals surface area contributed by atoms with Gasteiger partial charge in [0, 0.05) is 19.6 Å². The Kier molecular flexibility index (Phi) is 31.4. The van der Waals surface area contributed by atoms with Crippen molar-refractivity contribution in [2.45, 2.75) is 72.8 Å². The van der Waals surface area contributed by atoms with Gasteiger partial charge in [0.2, 0.25) is 23.3 Å².